The van der Waals surface area contributed by atoms with E-state index in [1.165, 1.54) is 12.1 Å². The maximum Gasteiger partial charge on any atom is 0.254 e. The molecule has 0 bridgehead atoms. The molecule has 1 saturated heterocycles. The number of nitrogens with zero attached hydrogens (tertiary/aromatic N) is 6. The number of likely N-dealkylation sites (tertiary alicyclic amines) is 1. The van der Waals surface area contributed by atoms with Crippen LogP contribution in [0.2, 0.25) is 0 Å². The molecule has 9 nitrogen and oxygen atoms in total. The first-order valence-corrected chi connectivity index (χ1v) is 10.4. The average molecular weight is 436 g/mol. The fourth-order valence-electron chi connectivity index (χ4n) is 4.00. The summed E-state index contributed by atoms with van der Waals surface area (Å²) in [5.74, 6) is -0.964. The van der Waals surface area contributed by atoms with E-state index in [9.17, 15) is 14.4 Å². The average Bonchev–Trinajstić information content (AvgIpc) is 3.34. The minimum absolute atomic E-state index is 0.214. The minimum Gasteiger partial charge on any atom is -0.365 e. The smallest absolute Gasteiger partial charge is 0.254 e. The highest BCUT2D eigenvalue weighted by molar-refractivity contribution is 5.98. The van der Waals surface area contributed by atoms with Gasteiger partial charge in [-0.15, -0.1) is 0 Å². The van der Waals surface area contributed by atoms with Crippen LogP contribution in [-0.4, -0.2) is 43.5 Å². The Labute approximate surface area is 185 Å². The number of amides is 1. The van der Waals surface area contributed by atoms with Crippen LogP contribution in [0, 0.1) is 30.0 Å². The Morgan fingerprint density at radius 1 is 1.38 bits per heavy atom. The number of aryl methyl sites for hydroxylation is 1. The Morgan fingerprint density at radius 3 is 2.75 bits per heavy atom. The molecule has 3 heterocycles. The molecule has 10 heteroatoms. The third-order valence-electron chi connectivity index (χ3n) is 6.01. The van der Waals surface area contributed by atoms with E-state index in [1.807, 2.05) is 24.9 Å². The number of primary amides is 1. The van der Waals surface area contributed by atoms with Crippen LogP contribution in [0.5, 0.6) is 0 Å². The van der Waals surface area contributed by atoms with Gasteiger partial charge in [-0.3, -0.25) is 19.1 Å². The Kier molecular flexibility index (Phi) is 5.92. The molecule has 3 N–H and O–H groups in total. The second-order valence-electron chi connectivity index (χ2n) is 8.07. The van der Waals surface area contributed by atoms with E-state index in [-0.39, 0.29) is 29.2 Å². The summed E-state index contributed by atoms with van der Waals surface area (Å²) in [5.41, 5.74) is 8.60. The summed E-state index contributed by atoms with van der Waals surface area (Å²) in [7, 11) is 1.91. The summed E-state index contributed by atoms with van der Waals surface area (Å²) in [6.45, 7) is 4.14. The van der Waals surface area contributed by atoms with Gasteiger partial charge in [0, 0.05) is 43.3 Å². The molecule has 0 saturated carbocycles. The van der Waals surface area contributed by atoms with Crippen molar-refractivity contribution in [3.63, 3.8) is 0 Å². The van der Waals surface area contributed by atoms with Gasteiger partial charge in [-0.2, -0.15) is 15.5 Å². The molecule has 2 unspecified atom stereocenters. The van der Waals surface area contributed by atoms with Crippen molar-refractivity contribution in [3.8, 4) is 6.07 Å². The number of nitrogens with two attached hydrogens (primary N) is 1. The number of halogens is 1. The second-order valence-corrected chi connectivity index (χ2v) is 8.07. The number of nitrogens with one attached hydrogen (secondary N) is 1. The number of rotatable bonds is 6. The zero-order chi connectivity index (χ0) is 22.8. The van der Waals surface area contributed by atoms with Gasteiger partial charge >= 0.3 is 0 Å². The highest BCUT2D eigenvalue weighted by atomic mass is 19.1. The van der Waals surface area contributed by atoms with Crippen LogP contribution in [0.1, 0.15) is 34.1 Å². The molecular formula is C22H25FN8O. The van der Waals surface area contributed by atoms with Gasteiger partial charge in [0.15, 0.2) is 5.82 Å². The predicted octanol–water partition coefficient (Wildman–Crippen LogP) is 2.49. The van der Waals surface area contributed by atoms with Crippen molar-refractivity contribution in [3.05, 3.63) is 59.3 Å². The Hall–Kier alpha value is -3.71. The van der Waals surface area contributed by atoms with Gasteiger partial charge in [-0.05, 0) is 44.2 Å². The first kappa shape index (κ1) is 21.5. The highest BCUT2D eigenvalue weighted by Crippen LogP contribution is 2.30. The first-order chi connectivity index (χ1) is 15.4. The van der Waals surface area contributed by atoms with Gasteiger partial charge in [0.2, 0.25) is 0 Å². The molecule has 32 heavy (non-hydrogen) atoms. The van der Waals surface area contributed by atoms with E-state index < -0.39 is 5.91 Å². The van der Waals surface area contributed by atoms with Crippen molar-refractivity contribution >= 4 is 17.4 Å². The number of benzene rings is 1. The standard InChI is InChI=1S/C22H25FN8O/c1-14-16(10-26-29(14)2)11-30-8-7-15(9-24)20(13-30)31-12-19(21(25)32)22(28-31)27-18-5-3-17(23)4-6-18/h3-6,10,12,15,20H,7-8,11,13H2,1-2H3,(H2,25,32)(H,27,28). The van der Waals surface area contributed by atoms with E-state index in [0.29, 0.717) is 18.7 Å². The Bertz CT molecular complexity index is 1160. The SMILES string of the molecule is Cc1c(CN2CCC(C#N)C(n3cc(C(N)=O)c(Nc4ccc(F)cc4)n3)C2)cnn1C. The molecule has 3 aromatic rings. The quantitative estimate of drug-likeness (QED) is 0.613. The van der Waals surface area contributed by atoms with Crippen molar-refractivity contribution in [1.82, 2.24) is 24.5 Å². The fourth-order valence-corrected chi connectivity index (χ4v) is 4.00. The third kappa shape index (κ3) is 4.33. The van der Waals surface area contributed by atoms with E-state index >= 15 is 0 Å². The van der Waals surface area contributed by atoms with Gasteiger partial charge < -0.3 is 11.1 Å². The molecule has 1 amide bonds. The number of piperidine rings is 1. The van der Waals surface area contributed by atoms with Gasteiger partial charge in [-0.1, -0.05) is 0 Å². The van der Waals surface area contributed by atoms with Crippen LogP contribution in [-0.2, 0) is 13.6 Å². The molecule has 2 atom stereocenters. The zero-order valence-corrected chi connectivity index (χ0v) is 18.0. The monoisotopic (exact) mass is 436 g/mol. The van der Waals surface area contributed by atoms with Crippen LogP contribution >= 0.6 is 0 Å². The fraction of sp³-hybridized carbons (Fsp3) is 0.364. The van der Waals surface area contributed by atoms with Crippen molar-refractivity contribution < 1.29 is 9.18 Å². The molecule has 1 aliphatic heterocycles. The minimum atomic E-state index is -0.631. The normalized spacial score (nSPS) is 18.9. The van der Waals surface area contributed by atoms with Crippen LogP contribution in [0.3, 0.4) is 0 Å². The lowest BCUT2D eigenvalue weighted by atomic mass is 9.92. The topological polar surface area (TPSA) is 118 Å². The van der Waals surface area contributed by atoms with E-state index in [2.05, 4.69) is 26.5 Å². The number of carbonyl (C=O) groups excluding carboxylic acids is 1. The summed E-state index contributed by atoms with van der Waals surface area (Å²) in [6, 6.07) is 7.87. The molecule has 1 aromatic carbocycles. The summed E-state index contributed by atoms with van der Waals surface area (Å²) in [6.07, 6.45) is 4.14. The molecular weight excluding hydrogens is 411 g/mol. The number of aromatic nitrogens is 4. The molecule has 0 radical (unpaired) electrons. The van der Waals surface area contributed by atoms with Crippen molar-refractivity contribution in [2.45, 2.75) is 25.9 Å². The highest BCUT2D eigenvalue weighted by Gasteiger charge is 2.32. The summed E-state index contributed by atoms with van der Waals surface area (Å²) in [4.78, 5) is 14.3. The maximum atomic E-state index is 13.2. The van der Waals surface area contributed by atoms with Gasteiger partial charge in [0.05, 0.1) is 24.2 Å². The molecule has 1 aliphatic rings. The second kappa shape index (κ2) is 8.80. The van der Waals surface area contributed by atoms with Crippen LogP contribution in [0.15, 0.2) is 36.7 Å². The lowest BCUT2D eigenvalue weighted by Gasteiger charge is -2.35. The van der Waals surface area contributed by atoms with Gasteiger partial charge in [-0.25, -0.2) is 4.39 Å². The third-order valence-corrected chi connectivity index (χ3v) is 6.01. The van der Waals surface area contributed by atoms with Crippen LogP contribution in [0.25, 0.3) is 0 Å². The van der Waals surface area contributed by atoms with Gasteiger partial charge in [0.25, 0.3) is 5.91 Å². The zero-order valence-electron chi connectivity index (χ0n) is 18.0. The summed E-state index contributed by atoms with van der Waals surface area (Å²) < 4.78 is 16.7. The van der Waals surface area contributed by atoms with Crippen LogP contribution in [0.4, 0.5) is 15.9 Å². The molecule has 4 rings (SSSR count). The van der Waals surface area contributed by atoms with Gasteiger partial charge in [0.1, 0.15) is 11.4 Å². The Morgan fingerprint density at radius 2 is 2.12 bits per heavy atom. The van der Waals surface area contributed by atoms with E-state index in [0.717, 1.165) is 24.3 Å². The van der Waals surface area contributed by atoms with Crippen molar-refractivity contribution in [2.75, 3.05) is 18.4 Å². The maximum absolute atomic E-state index is 13.2. The Balaban J connectivity index is 1.59. The predicted molar refractivity (Wildman–Crippen MR) is 116 cm³/mol. The lowest BCUT2D eigenvalue weighted by Crippen LogP contribution is -2.41. The first-order valence-electron chi connectivity index (χ1n) is 10.4. The number of nitriles is 1. The number of hydrogen-bond donors (Lipinski definition) is 2. The molecule has 0 spiro atoms. The van der Waals surface area contributed by atoms with Crippen molar-refractivity contribution in [2.24, 2.45) is 18.7 Å². The number of carbonyl (C=O) groups is 1. The summed E-state index contributed by atoms with van der Waals surface area (Å²) in [5, 5.41) is 21.6. The molecule has 1 fully saturated rings. The largest absolute Gasteiger partial charge is 0.365 e. The molecule has 0 aliphatic carbocycles. The number of hydrogen-bond acceptors (Lipinski definition) is 6. The molecule has 166 valence electrons. The summed E-state index contributed by atoms with van der Waals surface area (Å²) >= 11 is 0. The van der Waals surface area contributed by atoms with E-state index in [4.69, 9.17) is 5.73 Å². The van der Waals surface area contributed by atoms with Crippen molar-refractivity contribution in [1.29, 1.82) is 5.26 Å². The van der Waals surface area contributed by atoms with E-state index in [1.54, 1.807) is 23.0 Å². The van der Waals surface area contributed by atoms with Crippen LogP contribution < -0.4 is 11.1 Å². The lowest BCUT2D eigenvalue weighted by molar-refractivity contribution is 0.1000. The molecule has 2 aromatic heterocycles. The number of anilines is 2.